The minimum atomic E-state index is -1.30. The number of carbonyl (C=O) groups excluding carboxylic acids is 2. The number of hydrogen-bond donors (Lipinski definition) is 2. The molecule has 1 heterocycles. The molecule has 0 saturated carbocycles. The van der Waals surface area contributed by atoms with Crippen LogP contribution in [0.5, 0.6) is 5.75 Å². The molecule has 0 bridgehead atoms. The number of hydrogen-bond acceptors (Lipinski definition) is 5. The van der Waals surface area contributed by atoms with E-state index in [1.165, 1.54) is 13.2 Å². The molecule has 1 saturated heterocycles. The third-order valence-corrected chi connectivity index (χ3v) is 3.56. The Morgan fingerprint density at radius 1 is 1.42 bits per heavy atom. The van der Waals surface area contributed by atoms with Crippen LogP contribution in [0.4, 0.5) is 8.78 Å². The standard InChI is InChI=1S/C15H18F2N2O5/c1-22-10-3-2-8(16)14(17)13(10)15(21)19-9-4-5-23-6-11(9)24-7-12(18)20/h2-3,9,11H,4-7H2,1H3,(H2,18,20)(H,19,21)/t9-,11-/m1/s1. The smallest absolute Gasteiger partial charge is 0.258 e. The highest BCUT2D eigenvalue weighted by atomic mass is 19.2. The van der Waals surface area contributed by atoms with Gasteiger partial charge in [0.25, 0.3) is 5.91 Å². The quantitative estimate of drug-likeness (QED) is 0.776. The van der Waals surface area contributed by atoms with E-state index >= 15 is 0 Å². The van der Waals surface area contributed by atoms with Crippen molar-refractivity contribution in [1.82, 2.24) is 5.32 Å². The summed E-state index contributed by atoms with van der Waals surface area (Å²) in [7, 11) is 1.25. The summed E-state index contributed by atoms with van der Waals surface area (Å²) in [5, 5.41) is 2.57. The van der Waals surface area contributed by atoms with Gasteiger partial charge < -0.3 is 25.3 Å². The van der Waals surface area contributed by atoms with Crippen LogP contribution in [-0.4, -0.2) is 50.9 Å². The van der Waals surface area contributed by atoms with Crippen molar-refractivity contribution >= 4 is 11.8 Å². The summed E-state index contributed by atoms with van der Waals surface area (Å²) in [6.07, 6.45) is -0.244. The number of amides is 2. The zero-order valence-electron chi connectivity index (χ0n) is 13.0. The number of benzene rings is 1. The zero-order valence-corrected chi connectivity index (χ0v) is 13.0. The van der Waals surface area contributed by atoms with Crippen LogP contribution < -0.4 is 15.8 Å². The lowest BCUT2D eigenvalue weighted by Gasteiger charge is -2.31. The number of nitrogens with one attached hydrogen (secondary N) is 1. The van der Waals surface area contributed by atoms with Gasteiger partial charge in [-0.15, -0.1) is 0 Å². The summed E-state index contributed by atoms with van der Waals surface area (Å²) in [4.78, 5) is 23.2. The highest BCUT2D eigenvalue weighted by Gasteiger charge is 2.31. The summed E-state index contributed by atoms with van der Waals surface area (Å²) in [5.74, 6) is -4.05. The van der Waals surface area contributed by atoms with Crippen LogP contribution in [0.2, 0.25) is 0 Å². The Kier molecular flexibility index (Phi) is 6.04. The minimum Gasteiger partial charge on any atom is -0.496 e. The monoisotopic (exact) mass is 344 g/mol. The van der Waals surface area contributed by atoms with Crippen LogP contribution in [0.1, 0.15) is 16.8 Å². The van der Waals surface area contributed by atoms with E-state index in [0.717, 1.165) is 6.07 Å². The first-order chi connectivity index (χ1) is 11.4. The second kappa shape index (κ2) is 8.02. The van der Waals surface area contributed by atoms with Gasteiger partial charge in [0.05, 0.1) is 19.8 Å². The maximum atomic E-state index is 14.0. The van der Waals surface area contributed by atoms with Gasteiger partial charge in [0.2, 0.25) is 5.91 Å². The van der Waals surface area contributed by atoms with Gasteiger partial charge in [-0.3, -0.25) is 9.59 Å². The molecule has 0 aromatic heterocycles. The average Bonchev–Trinajstić information content (AvgIpc) is 2.56. The Bertz CT molecular complexity index is 626. The fourth-order valence-corrected chi connectivity index (χ4v) is 2.39. The van der Waals surface area contributed by atoms with Crippen molar-refractivity contribution in [3.63, 3.8) is 0 Å². The van der Waals surface area contributed by atoms with Crippen LogP contribution >= 0.6 is 0 Å². The number of primary amides is 1. The summed E-state index contributed by atoms with van der Waals surface area (Å²) in [6, 6.07) is 1.49. The van der Waals surface area contributed by atoms with E-state index in [0.29, 0.717) is 13.0 Å². The maximum absolute atomic E-state index is 14.0. The molecule has 0 radical (unpaired) electrons. The van der Waals surface area contributed by atoms with Crippen LogP contribution in [0.3, 0.4) is 0 Å². The minimum absolute atomic E-state index is 0.0898. The van der Waals surface area contributed by atoms with Crippen molar-refractivity contribution in [2.24, 2.45) is 5.73 Å². The third kappa shape index (κ3) is 4.18. The van der Waals surface area contributed by atoms with Crippen molar-refractivity contribution in [3.05, 3.63) is 29.3 Å². The molecule has 9 heteroatoms. The Labute approximate surface area is 137 Å². The molecular formula is C15H18F2N2O5. The van der Waals surface area contributed by atoms with Crippen molar-refractivity contribution in [2.45, 2.75) is 18.6 Å². The van der Waals surface area contributed by atoms with Crippen molar-refractivity contribution in [3.8, 4) is 5.75 Å². The molecule has 1 aromatic rings. The Balaban J connectivity index is 2.15. The highest BCUT2D eigenvalue weighted by Crippen LogP contribution is 2.24. The third-order valence-electron chi connectivity index (χ3n) is 3.56. The zero-order chi connectivity index (χ0) is 17.7. The van der Waals surface area contributed by atoms with E-state index in [1.807, 2.05) is 0 Å². The maximum Gasteiger partial charge on any atom is 0.258 e. The predicted molar refractivity (Wildman–Crippen MR) is 78.5 cm³/mol. The molecule has 2 atom stereocenters. The lowest BCUT2D eigenvalue weighted by Crippen LogP contribution is -2.50. The number of nitrogens with two attached hydrogens (primary N) is 1. The SMILES string of the molecule is COc1ccc(F)c(F)c1C(=O)N[C@@H]1CCOC[C@H]1OCC(N)=O. The van der Waals surface area contributed by atoms with E-state index in [1.54, 1.807) is 0 Å². The van der Waals surface area contributed by atoms with Gasteiger partial charge in [0, 0.05) is 6.61 Å². The average molecular weight is 344 g/mol. The van der Waals surface area contributed by atoms with Gasteiger partial charge in [-0.25, -0.2) is 8.78 Å². The molecule has 1 fully saturated rings. The van der Waals surface area contributed by atoms with Gasteiger partial charge in [-0.05, 0) is 18.6 Å². The summed E-state index contributed by atoms with van der Waals surface area (Å²) in [6.45, 7) is 0.156. The normalized spacial score (nSPS) is 20.5. The van der Waals surface area contributed by atoms with Crippen LogP contribution in [0, 0.1) is 11.6 Å². The van der Waals surface area contributed by atoms with Crippen LogP contribution in [-0.2, 0) is 14.3 Å². The molecule has 2 amide bonds. The first-order valence-corrected chi connectivity index (χ1v) is 7.24. The number of ether oxygens (including phenoxy) is 3. The lowest BCUT2D eigenvalue weighted by atomic mass is 10.0. The summed E-state index contributed by atoms with van der Waals surface area (Å²) < 4.78 is 42.8. The van der Waals surface area contributed by atoms with Crippen LogP contribution in [0.25, 0.3) is 0 Å². The van der Waals surface area contributed by atoms with E-state index in [2.05, 4.69) is 5.32 Å². The topological polar surface area (TPSA) is 99.9 Å². The second-order valence-electron chi connectivity index (χ2n) is 5.20. The molecule has 3 N–H and O–H groups in total. The molecule has 1 aliphatic rings. The number of rotatable bonds is 6. The first-order valence-electron chi connectivity index (χ1n) is 7.24. The van der Waals surface area contributed by atoms with E-state index in [4.69, 9.17) is 19.9 Å². The first kappa shape index (κ1) is 18.1. The molecule has 1 aromatic carbocycles. The highest BCUT2D eigenvalue weighted by molar-refractivity contribution is 5.97. The molecule has 7 nitrogen and oxygen atoms in total. The molecule has 0 unspecified atom stereocenters. The van der Waals surface area contributed by atoms with Gasteiger partial charge in [0.15, 0.2) is 11.6 Å². The molecular weight excluding hydrogens is 326 g/mol. The fraction of sp³-hybridized carbons (Fsp3) is 0.467. The Morgan fingerprint density at radius 2 is 2.17 bits per heavy atom. The summed E-state index contributed by atoms with van der Waals surface area (Å²) in [5.41, 5.74) is 4.49. The lowest BCUT2D eigenvalue weighted by molar-refractivity contribution is -0.129. The Morgan fingerprint density at radius 3 is 2.83 bits per heavy atom. The van der Waals surface area contributed by atoms with Crippen molar-refractivity contribution in [2.75, 3.05) is 26.9 Å². The Hall–Kier alpha value is -2.26. The molecule has 0 aliphatic carbocycles. The van der Waals surface area contributed by atoms with Gasteiger partial charge in [0.1, 0.15) is 24.0 Å². The van der Waals surface area contributed by atoms with Gasteiger partial charge in [-0.2, -0.15) is 0 Å². The molecule has 1 aliphatic heterocycles. The number of carbonyl (C=O) groups is 2. The number of methoxy groups -OCH3 is 1. The summed E-state index contributed by atoms with van der Waals surface area (Å²) >= 11 is 0. The van der Waals surface area contributed by atoms with Gasteiger partial charge in [-0.1, -0.05) is 0 Å². The van der Waals surface area contributed by atoms with E-state index < -0.39 is 41.2 Å². The fourth-order valence-electron chi connectivity index (χ4n) is 2.39. The molecule has 24 heavy (non-hydrogen) atoms. The largest absolute Gasteiger partial charge is 0.496 e. The predicted octanol–water partition coefficient (Wildman–Crippen LogP) is 0.363. The van der Waals surface area contributed by atoms with Crippen molar-refractivity contribution < 1.29 is 32.6 Å². The van der Waals surface area contributed by atoms with E-state index in [-0.39, 0.29) is 19.0 Å². The van der Waals surface area contributed by atoms with Crippen molar-refractivity contribution in [1.29, 1.82) is 0 Å². The molecule has 0 spiro atoms. The molecule has 2 rings (SSSR count). The van der Waals surface area contributed by atoms with Crippen LogP contribution in [0.15, 0.2) is 12.1 Å². The van der Waals surface area contributed by atoms with Gasteiger partial charge >= 0.3 is 0 Å². The second-order valence-corrected chi connectivity index (χ2v) is 5.20. The number of halogens is 2. The van der Waals surface area contributed by atoms with E-state index in [9.17, 15) is 18.4 Å². The molecule has 132 valence electrons.